The van der Waals surface area contributed by atoms with E-state index in [1.165, 1.54) is 27.3 Å². The largest absolute Gasteiger partial charge is 0.299 e. The van der Waals surface area contributed by atoms with Gasteiger partial charge in [-0.2, -0.15) is 0 Å². The molecule has 0 aliphatic heterocycles. The maximum atomic E-state index is 5.18. The zero-order chi connectivity index (χ0) is 36.3. The molecule has 55 heavy (non-hydrogen) atoms. The molecule has 11 aromatic rings. The van der Waals surface area contributed by atoms with Gasteiger partial charge in [0, 0.05) is 33.7 Å². The Bertz CT molecular complexity index is 3120. The zero-order valence-electron chi connectivity index (χ0n) is 29.6. The molecular formula is C50H31N5. The van der Waals surface area contributed by atoms with Gasteiger partial charge in [-0.25, -0.2) is 19.9 Å². The van der Waals surface area contributed by atoms with Crippen molar-refractivity contribution in [2.75, 3.05) is 0 Å². The van der Waals surface area contributed by atoms with Gasteiger partial charge in [-0.1, -0.05) is 164 Å². The summed E-state index contributed by atoms with van der Waals surface area (Å²) in [5.41, 5.74) is 10.4. The van der Waals surface area contributed by atoms with Crippen LogP contribution >= 0.6 is 0 Å². The third-order valence-electron chi connectivity index (χ3n) is 10.7. The van der Waals surface area contributed by atoms with Crippen LogP contribution in [0.2, 0.25) is 0 Å². The maximum absolute atomic E-state index is 5.18. The van der Waals surface area contributed by atoms with Crippen molar-refractivity contribution in [2.24, 2.45) is 0 Å². The van der Waals surface area contributed by atoms with Crippen LogP contribution in [0.1, 0.15) is 0 Å². The predicted octanol–water partition coefficient (Wildman–Crippen LogP) is 12.5. The Hall–Kier alpha value is -7.50. The summed E-state index contributed by atoms with van der Waals surface area (Å²) in [6, 6.07) is 63.6. The van der Waals surface area contributed by atoms with Crippen molar-refractivity contribution in [1.82, 2.24) is 24.3 Å². The van der Waals surface area contributed by atoms with E-state index in [2.05, 4.69) is 174 Å². The van der Waals surface area contributed by atoms with Crippen LogP contribution < -0.4 is 0 Å². The fourth-order valence-corrected chi connectivity index (χ4v) is 7.94. The predicted molar refractivity (Wildman–Crippen MR) is 226 cm³/mol. The molecule has 0 atom stereocenters. The van der Waals surface area contributed by atoms with Crippen LogP contribution in [0.25, 0.3) is 105 Å². The van der Waals surface area contributed by atoms with Crippen LogP contribution in [-0.4, -0.2) is 24.3 Å². The summed E-state index contributed by atoms with van der Waals surface area (Å²) < 4.78 is 2.20. The Morgan fingerprint density at radius 3 is 1.49 bits per heavy atom. The van der Waals surface area contributed by atoms with Gasteiger partial charge < -0.3 is 0 Å². The third-order valence-corrected chi connectivity index (χ3v) is 10.7. The minimum atomic E-state index is 0.618. The first-order valence-electron chi connectivity index (χ1n) is 18.5. The highest BCUT2D eigenvalue weighted by molar-refractivity contribution is 6.30. The molecule has 5 heteroatoms. The molecule has 3 aromatic heterocycles. The Morgan fingerprint density at radius 2 is 0.836 bits per heavy atom. The van der Waals surface area contributed by atoms with Crippen molar-refractivity contribution < 1.29 is 0 Å². The van der Waals surface area contributed by atoms with Crippen LogP contribution in [0.3, 0.4) is 0 Å². The van der Waals surface area contributed by atoms with Gasteiger partial charge in [0.1, 0.15) is 5.65 Å². The Morgan fingerprint density at radius 1 is 0.327 bits per heavy atom. The Balaban J connectivity index is 1.14. The van der Waals surface area contributed by atoms with E-state index in [9.17, 15) is 0 Å². The summed E-state index contributed by atoms with van der Waals surface area (Å²) in [6.45, 7) is 0. The molecule has 0 radical (unpaired) electrons. The van der Waals surface area contributed by atoms with E-state index in [0.29, 0.717) is 17.5 Å². The summed E-state index contributed by atoms with van der Waals surface area (Å²) in [7, 11) is 0. The van der Waals surface area contributed by atoms with Gasteiger partial charge in [0.25, 0.3) is 0 Å². The number of pyridine rings is 1. The fraction of sp³-hybridized carbons (Fsp3) is 0. The lowest BCUT2D eigenvalue weighted by molar-refractivity contribution is 1.07. The maximum Gasteiger partial charge on any atom is 0.164 e. The van der Waals surface area contributed by atoms with Crippen molar-refractivity contribution in [3.05, 3.63) is 188 Å². The van der Waals surface area contributed by atoms with Gasteiger partial charge in [-0.05, 0) is 62.0 Å². The first-order valence-corrected chi connectivity index (χ1v) is 18.5. The van der Waals surface area contributed by atoms with Crippen molar-refractivity contribution in [3.63, 3.8) is 0 Å². The van der Waals surface area contributed by atoms with Crippen LogP contribution in [0.15, 0.2) is 188 Å². The molecule has 8 aromatic carbocycles. The molecule has 0 aliphatic carbocycles. The van der Waals surface area contributed by atoms with Crippen LogP contribution in [0, 0.1) is 0 Å². The number of nitrogens with zero attached hydrogens (tertiary/aromatic N) is 5. The SMILES string of the molecule is c1ccc(-c2ccc(-c3nc(-c4ccc(-c5ccccc5)cc4)nc(-c4ccc5c(c4)c4c6ccccc6ccc4c4nc6ccccn6c54)n3)cc2)cc1. The van der Waals surface area contributed by atoms with Gasteiger partial charge in [-0.15, -0.1) is 0 Å². The van der Waals surface area contributed by atoms with Crippen molar-refractivity contribution in [3.8, 4) is 56.4 Å². The molecule has 0 N–H and O–H groups in total. The molecule has 0 fully saturated rings. The van der Waals surface area contributed by atoms with Crippen molar-refractivity contribution in [1.29, 1.82) is 0 Å². The number of fused-ring (bicyclic) bond motifs is 10. The third kappa shape index (κ3) is 5.24. The molecule has 0 amide bonds. The minimum absolute atomic E-state index is 0.618. The van der Waals surface area contributed by atoms with Gasteiger partial charge >= 0.3 is 0 Å². The highest BCUT2D eigenvalue weighted by Gasteiger charge is 2.19. The summed E-state index contributed by atoms with van der Waals surface area (Å²) in [5, 5.41) is 6.93. The molecule has 0 aliphatic rings. The second-order valence-electron chi connectivity index (χ2n) is 13.9. The van der Waals surface area contributed by atoms with Gasteiger partial charge in [0.15, 0.2) is 17.5 Å². The number of hydrogen-bond donors (Lipinski definition) is 0. The second kappa shape index (κ2) is 12.6. The summed E-state index contributed by atoms with van der Waals surface area (Å²) in [5.74, 6) is 1.87. The molecule has 0 unspecified atom stereocenters. The zero-order valence-corrected chi connectivity index (χ0v) is 29.6. The van der Waals surface area contributed by atoms with E-state index in [1.54, 1.807) is 0 Å². The molecular weight excluding hydrogens is 671 g/mol. The number of rotatable bonds is 5. The average molecular weight is 702 g/mol. The van der Waals surface area contributed by atoms with Gasteiger partial charge in [-0.3, -0.25) is 4.40 Å². The lowest BCUT2D eigenvalue weighted by atomic mass is 9.93. The normalized spacial score (nSPS) is 11.6. The van der Waals surface area contributed by atoms with E-state index in [4.69, 9.17) is 19.9 Å². The molecule has 11 rings (SSSR count). The van der Waals surface area contributed by atoms with Crippen LogP contribution in [-0.2, 0) is 0 Å². The van der Waals surface area contributed by atoms with Crippen molar-refractivity contribution >= 4 is 49.0 Å². The first-order chi connectivity index (χ1) is 27.2. The van der Waals surface area contributed by atoms with E-state index in [1.807, 2.05) is 18.2 Å². The van der Waals surface area contributed by atoms with E-state index < -0.39 is 0 Å². The number of hydrogen-bond acceptors (Lipinski definition) is 4. The molecule has 0 saturated heterocycles. The lowest BCUT2D eigenvalue weighted by Gasteiger charge is -2.13. The van der Waals surface area contributed by atoms with E-state index in [-0.39, 0.29) is 0 Å². The molecule has 0 bridgehead atoms. The summed E-state index contributed by atoms with van der Waals surface area (Å²) in [6.07, 6.45) is 2.10. The highest BCUT2D eigenvalue weighted by atomic mass is 15.0. The number of aromatic nitrogens is 5. The van der Waals surface area contributed by atoms with Gasteiger partial charge in [0.05, 0.1) is 11.0 Å². The lowest BCUT2D eigenvalue weighted by Crippen LogP contribution is -2.00. The van der Waals surface area contributed by atoms with E-state index >= 15 is 0 Å². The second-order valence-corrected chi connectivity index (χ2v) is 13.9. The van der Waals surface area contributed by atoms with E-state index in [0.717, 1.165) is 60.7 Å². The fourth-order valence-electron chi connectivity index (χ4n) is 7.94. The molecule has 5 nitrogen and oxygen atoms in total. The molecule has 3 heterocycles. The standard InChI is InChI=1S/C50H31N5/c1-3-11-32(12-4-1)34-18-22-37(23-19-34)48-52-49(38-24-20-35(21-25-38)33-13-5-2-6-14-33)54-50(53-48)39-27-28-41-43(31-39)45-40-16-8-7-15-36(40)26-29-42(45)46-47(41)55-30-10-9-17-44(55)51-46/h1-31H. The highest BCUT2D eigenvalue weighted by Crippen LogP contribution is 2.40. The molecule has 0 spiro atoms. The minimum Gasteiger partial charge on any atom is -0.299 e. The molecule has 256 valence electrons. The van der Waals surface area contributed by atoms with Crippen LogP contribution in [0.4, 0.5) is 0 Å². The number of imidazole rings is 1. The van der Waals surface area contributed by atoms with Gasteiger partial charge in [0.2, 0.25) is 0 Å². The van der Waals surface area contributed by atoms with Crippen molar-refractivity contribution in [2.45, 2.75) is 0 Å². The summed E-state index contributed by atoms with van der Waals surface area (Å²) >= 11 is 0. The average Bonchev–Trinajstić information content (AvgIpc) is 3.67. The smallest absolute Gasteiger partial charge is 0.164 e. The quantitative estimate of drug-likeness (QED) is 0.168. The summed E-state index contributed by atoms with van der Waals surface area (Å²) in [4.78, 5) is 20.6. The number of benzene rings is 8. The molecule has 0 saturated carbocycles. The Kier molecular flexibility index (Phi) is 7.10. The van der Waals surface area contributed by atoms with Crippen LogP contribution in [0.5, 0.6) is 0 Å². The monoisotopic (exact) mass is 701 g/mol. The topological polar surface area (TPSA) is 56.0 Å². The Labute approximate surface area is 316 Å². The first kappa shape index (κ1) is 31.1.